The van der Waals surface area contributed by atoms with Crippen molar-refractivity contribution in [2.45, 2.75) is 19.4 Å². The molecule has 1 aromatic carbocycles. The first-order valence-electron chi connectivity index (χ1n) is 6.88. The third kappa shape index (κ3) is 2.06. The molecule has 2 aliphatic rings. The van der Waals surface area contributed by atoms with Crippen LogP contribution in [0.2, 0.25) is 0 Å². The number of H-pyrrole nitrogens is 1. The maximum Gasteiger partial charge on any atom is 0.188 e. The molecule has 0 bridgehead atoms. The highest BCUT2D eigenvalue weighted by Gasteiger charge is 2.33. The Morgan fingerprint density at radius 1 is 1.38 bits per heavy atom. The van der Waals surface area contributed by atoms with Crippen LogP contribution < -0.4 is 0 Å². The maximum absolute atomic E-state index is 13.4. The number of ketones is 1. The number of carbonyl (C=O) groups is 1. The van der Waals surface area contributed by atoms with Gasteiger partial charge in [0.2, 0.25) is 0 Å². The summed E-state index contributed by atoms with van der Waals surface area (Å²) in [6.45, 7) is 0.427. The minimum atomic E-state index is -0.308. The highest BCUT2D eigenvalue weighted by molar-refractivity contribution is 14.1. The molecule has 0 amide bonds. The summed E-state index contributed by atoms with van der Waals surface area (Å²) in [5.41, 5.74) is 3.13. The number of carbonyl (C=O) groups excluding carboxylic acids is 1. The molecule has 1 unspecified atom stereocenters. The van der Waals surface area contributed by atoms with E-state index in [9.17, 15) is 9.18 Å². The van der Waals surface area contributed by atoms with E-state index in [2.05, 4.69) is 38.6 Å². The van der Waals surface area contributed by atoms with Gasteiger partial charge in [0.15, 0.2) is 5.78 Å². The molecule has 2 aromatic rings. The first-order chi connectivity index (χ1) is 10.1. The fourth-order valence-electron chi connectivity index (χ4n) is 3.12. The molecule has 1 atom stereocenters. The smallest absolute Gasteiger partial charge is 0.188 e. The Morgan fingerprint density at radius 3 is 3.10 bits per heavy atom. The van der Waals surface area contributed by atoms with E-state index >= 15 is 0 Å². The number of aromatic amines is 1. The van der Waals surface area contributed by atoms with Crippen LogP contribution in [0, 0.1) is 9.49 Å². The number of Topliss-reactive ketones (excluding diaryl/α,β-unsaturated/α-hetero) is 1. The van der Waals surface area contributed by atoms with Crippen LogP contribution in [0.3, 0.4) is 0 Å². The van der Waals surface area contributed by atoms with E-state index in [4.69, 9.17) is 0 Å². The van der Waals surface area contributed by atoms with Gasteiger partial charge < -0.3 is 4.98 Å². The minimum Gasteiger partial charge on any atom is -0.352 e. The van der Waals surface area contributed by atoms with Gasteiger partial charge in [-0.25, -0.2) is 4.39 Å². The molecule has 1 aliphatic heterocycles. The molecule has 0 fully saturated rings. The zero-order valence-electron chi connectivity index (χ0n) is 11.1. The Hall–Kier alpha value is -1.50. The van der Waals surface area contributed by atoms with Crippen LogP contribution in [0.4, 0.5) is 4.39 Å². The SMILES string of the molecule is O=C1c2[nH]c3ccc(I)cc3c2CN=C2C=C(F)CCC12. The number of fused-ring (bicyclic) bond motifs is 4. The van der Waals surface area contributed by atoms with E-state index in [0.717, 1.165) is 20.0 Å². The van der Waals surface area contributed by atoms with Crippen molar-refractivity contribution in [2.75, 3.05) is 0 Å². The molecule has 21 heavy (non-hydrogen) atoms. The number of rotatable bonds is 0. The Labute approximate surface area is 134 Å². The second kappa shape index (κ2) is 4.76. The largest absolute Gasteiger partial charge is 0.352 e. The van der Waals surface area contributed by atoms with Gasteiger partial charge in [-0.05, 0) is 53.3 Å². The first kappa shape index (κ1) is 13.2. The number of aliphatic imine (C=N–C) groups is 1. The second-order valence-corrected chi connectivity index (χ2v) is 6.70. The van der Waals surface area contributed by atoms with Crippen LogP contribution >= 0.6 is 22.6 Å². The molecule has 1 aliphatic carbocycles. The van der Waals surface area contributed by atoms with E-state index in [1.165, 1.54) is 6.08 Å². The third-order valence-electron chi connectivity index (χ3n) is 4.18. The van der Waals surface area contributed by atoms with Gasteiger partial charge in [0.25, 0.3) is 0 Å². The summed E-state index contributed by atoms with van der Waals surface area (Å²) in [4.78, 5) is 20.5. The number of nitrogens with zero attached hydrogens (tertiary/aromatic N) is 1. The van der Waals surface area contributed by atoms with Crippen LogP contribution in [-0.4, -0.2) is 16.5 Å². The maximum atomic E-state index is 13.4. The van der Waals surface area contributed by atoms with Crippen molar-refractivity contribution < 1.29 is 9.18 Å². The molecule has 5 heteroatoms. The zero-order chi connectivity index (χ0) is 14.6. The molecule has 0 saturated carbocycles. The fourth-order valence-corrected chi connectivity index (χ4v) is 3.61. The zero-order valence-corrected chi connectivity index (χ0v) is 13.3. The van der Waals surface area contributed by atoms with Gasteiger partial charge in [0, 0.05) is 32.2 Å². The molecule has 4 rings (SSSR count). The van der Waals surface area contributed by atoms with E-state index in [-0.39, 0.29) is 17.5 Å². The number of hydrogen-bond acceptors (Lipinski definition) is 2. The van der Waals surface area contributed by atoms with E-state index in [1.807, 2.05) is 12.1 Å². The number of nitrogens with one attached hydrogen (secondary N) is 1. The number of benzene rings is 1. The highest BCUT2D eigenvalue weighted by atomic mass is 127. The van der Waals surface area contributed by atoms with Gasteiger partial charge in [-0.15, -0.1) is 0 Å². The minimum absolute atomic E-state index is 0.0382. The Balaban J connectivity index is 1.92. The third-order valence-corrected chi connectivity index (χ3v) is 4.86. The predicted octanol–water partition coefficient (Wildman–Crippen LogP) is 4.17. The molecule has 106 valence electrons. The number of hydrogen-bond donors (Lipinski definition) is 1. The average molecular weight is 394 g/mol. The summed E-state index contributed by atoms with van der Waals surface area (Å²) < 4.78 is 14.6. The van der Waals surface area contributed by atoms with Crippen LogP contribution in [-0.2, 0) is 6.54 Å². The monoisotopic (exact) mass is 394 g/mol. The van der Waals surface area contributed by atoms with Crippen molar-refractivity contribution in [1.82, 2.24) is 4.98 Å². The lowest BCUT2D eigenvalue weighted by Crippen LogP contribution is -2.25. The second-order valence-electron chi connectivity index (χ2n) is 5.46. The van der Waals surface area contributed by atoms with Crippen LogP contribution in [0.1, 0.15) is 28.9 Å². The fraction of sp³-hybridized carbons (Fsp3) is 0.250. The van der Waals surface area contributed by atoms with Gasteiger partial charge in [-0.1, -0.05) is 0 Å². The van der Waals surface area contributed by atoms with Gasteiger partial charge in [0.05, 0.1) is 18.2 Å². The lowest BCUT2D eigenvalue weighted by Gasteiger charge is -2.18. The quantitative estimate of drug-likeness (QED) is 0.670. The molecule has 1 N–H and O–H groups in total. The first-order valence-corrected chi connectivity index (χ1v) is 7.96. The summed E-state index contributed by atoms with van der Waals surface area (Å²) in [5.74, 6) is -0.447. The van der Waals surface area contributed by atoms with Gasteiger partial charge in [-0.3, -0.25) is 9.79 Å². The van der Waals surface area contributed by atoms with Gasteiger partial charge in [-0.2, -0.15) is 0 Å². The number of aromatic nitrogens is 1. The number of allylic oxidation sites excluding steroid dienone is 2. The van der Waals surface area contributed by atoms with Crippen molar-refractivity contribution in [3.8, 4) is 0 Å². The van der Waals surface area contributed by atoms with Crippen molar-refractivity contribution in [2.24, 2.45) is 10.9 Å². The van der Waals surface area contributed by atoms with Crippen molar-refractivity contribution in [1.29, 1.82) is 0 Å². The molecule has 0 radical (unpaired) electrons. The molecular formula is C16H12FIN2O. The Bertz CT molecular complexity index is 834. The Morgan fingerprint density at radius 2 is 2.24 bits per heavy atom. The van der Waals surface area contributed by atoms with Crippen LogP contribution in [0.15, 0.2) is 35.1 Å². The molecular weight excluding hydrogens is 382 g/mol. The summed E-state index contributed by atoms with van der Waals surface area (Å²) in [7, 11) is 0. The summed E-state index contributed by atoms with van der Waals surface area (Å²) in [6.07, 6.45) is 2.26. The molecule has 0 spiro atoms. The molecule has 1 aromatic heterocycles. The molecule has 2 heterocycles. The van der Waals surface area contributed by atoms with E-state index < -0.39 is 0 Å². The molecule has 0 saturated heterocycles. The number of halogens is 2. The topological polar surface area (TPSA) is 45.2 Å². The van der Waals surface area contributed by atoms with Crippen molar-refractivity contribution in [3.05, 3.63) is 44.9 Å². The summed E-state index contributed by atoms with van der Waals surface area (Å²) in [6, 6.07) is 6.06. The standard InChI is InChI=1S/C16H12FIN2O/c17-8-1-3-10-14(5-8)19-7-12-11-6-9(18)2-4-13(11)20-15(12)16(10)21/h2,4-6,10,20H,1,3,7H2. The van der Waals surface area contributed by atoms with Crippen molar-refractivity contribution >= 4 is 45.0 Å². The normalized spacial score (nSPS) is 21.4. The van der Waals surface area contributed by atoms with Crippen LogP contribution in [0.25, 0.3) is 10.9 Å². The van der Waals surface area contributed by atoms with E-state index in [1.54, 1.807) is 0 Å². The molecule has 3 nitrogen and oxygen atoms in total. The summed E-state index contributed by atoms with van der Waals surface area (Å²) in [5, 5.41) is 1.04. The van der Waals surface area contributed by atoms with Gasteiger partial charge >= 0.3 is 0 Å². The summed E-state index contributed by atoms with van der Waals surface area (Å²) >= 11 is 2.26. The lowest BCUT2D eigenvalue weighted by molar-refractivity contribution is 0.0944. The lowest BCUT2D eigenvalue weighted by atomic mass is 9.87. The predicted molar refractivity (Wildman–Crippen MR) is 88.4 cm³/mol. The van der Waals surface area contributed by atoms with Gasteiger partial charge in [0.1, 0.15) is 5.83 Å². The van der Waals surface area contributed by atoms with Crippen molar-refractivity contribution in [3.63, 3.8) is 0 Å². The highest BCUT2D eigenvalue weighted by Crippen LogP contribution is 2.33. The van der Waals surface area contributed by atoms with E-state index in [0.29, 0.717) is 30.8 Å². The average Bonchev–Trinajstić information content (AvgIpc) is 2.76. The Kier molecular flexibility index (Phi) is 2.99. The van der Waals surface area contributed by atoms with Crippen LogP contribution in [0.5, 0.6) is 0 Å².